The normalized spacial score (nSPS) is 18.4. The van der Waals surface area contributed by atoms with E-state index < -0.39 is 71.3 Å². The topological polar surface area (TPSA) is 380 Å². The molecular formula is C106H136N24O12. The third-order valence-electron chi connectivity index (χ3n) is 25.6. The van der Waals surface area contributed by atoms with Crippen molar-refractivity contribution in [2.75, 3.05) is 101 Å². The predicted molar refractivity (Wildman–Crippen MR) is 549 cm³/mol. The van der Waals surface area contributed by atoms with Gasteiger partial charge in [-0.2, -0.15) is 0 Å². The van der Waals surface area contributed by atoms with Crippen LogP contribution in [0.4, 0.5) is 14.4 Å². The Kier molecular flexibility index (Phi) is 30.8. The van der Waals surface area contributed by atoms with Crippen molar-refractivity contribution in [1.82, 2.24) is 119 Å². The molecule has 142 heavy (non-hydrogen) atoms. The molecule has 6 N–H and O–H groups in total. The van der Waals surface area contributed by atoms with Gasteiger partial charge >= 0.3 is 18.3 Å². The Hall–Kier alpha value is -14.1. The van der Waals surface area contributed by atoms with Crippen LogP contribution in [0.15, 0.2) is 164 Å². The minimum atomic E-state index is -0.675. The molecule has 9 aromatic heterocycles. The zero-order chi connectivity index (χ0) is 100. The Bertz CT molecular complexity index is 6170. The first-order valence-corrected chi connectivity index (χ1v) is 48.5. The van der Waals surface area contributed by atoms with E-state index >= 15 is 0 Å². The van der Waals surface area contributed by atoms with Crippen LogP contribution >= 0.6 is 0 Å². The number of hydrogen-bond acceptors (Lipinski definition) is 21. The lowest BCUT2D eigenvalue weighted by Gasteiger charge is -2.24. The number of hydrogen-bond donors (Lipinski definition) is 6. The summed E-state index contributed by atoms with van der Waals surface area (Å²) in [6.45, 7) is 22.0. The number of carbonyl (C=O) groups excluding carboxylic acids is 9. The summed E-state index contributed by atoms with van der Waals surface area (Å²) < 4.78 is 29.7. The largest absolute Gasteiger partial charge is 0.444 e. The molecule has 3 saturated carbocycles. The van der Waals surface area contributed by atoms with E-state index in [0.29, 0.717) is 70.6 Å². The molecule has 3 aromatic carbocycles. The molecule has 18 rings (SSSR count). The fourth-order valence-corrected chi connectivity index (χ4v) is 18.0. The maximum absolute atomic E-state index is 13.7. The lowest BCUT2D eigenvalue weighted by Crippen LogP contribution is -2.50. The second-order valence-electron chi connectivity index (χ2n) is 41.8. The molecule has 0 unspecified atom stereocenters. The van der Waals surface area contributed by atoms with Gasteiger partial charge in [-0.05, 0) is 270 Å². The molecule has 0 bridgehead atoms. The molecule has 3 aliphatic heterocycles. The Morgan fingerprint density at radius 1 is 0.359 bits per heavy atom. The number of imidazole rings is 3. The second kappa shape index (κ2) is 42.7. The number of rotatable bonds is 27. The molecule has 0 spiro atoms. The van der Waals surface area contributed by atoms with Crippen LogP contribution in [0.25, 0.3) is 101 Å². The van der Waals surface area contributed by atoms with E-state index in [1.807, 2.05) is 133 Å². The van der Waals surface area contributed by atoms with Crippen LogP contribution in [0.2, 0.25) is 0 Å². The van der Waals surface area contributed by atoms with Gasteiger partial charge in [0.1, 0.15) is 33.7 Å². The Morgan fingerprint density at radius 2 is 0.606 bits per heavy atom. The molecule has 752 valence electrons. The van der Waals surface area contributed by atoms with Crippen molar-refractivity contribution in [3.8, 4) is 34.6 Å². The van der Waals surface area contributed by atoms with Gasteiger partial charge in [0.25, 0.3) is 17.7 Å². The number of nitrogens with zero attached hydrogens (tertiary/aromatic N) is 18. The van der Waals surface area contributed by atoms with Crippen molar-refractivity contribution in [3.63, 3.8) is 0 Å². The summed E-state index contributed by atoms with van der Waals surface area (Å²) in [5.41, 5.74) is 9.95. The van der Waals surface area contributed by atoms with Crippen LogP contribution in [0.3, 0.4) is 0 Å². The fourth-order valence-electron chi connectivity index (χ4n) is 18.0. The molecule has 6 aliphatic rings. The van der Waals surface area contributed by atoms with E-state index in [9.17, 15) is 43.2 Å². The summed E-state index contributed by atoms with van der Waals surface area (Å²) in [7, 11) is 17.5. The molecule has 6 fully saturated rings. The van der Waals surface area contributed by atoms with Crippen LogP contribution in [0.5, 0.6) is 0 Å². The molecule has 3 saturated heterocycles. The number of aryl methyl sites for hydroxylation is 3. The molecule has 36 heteroatoms. The number of ether oxygens (including phenoxy) is 3. The van der Waals surface area contributed by atoms with Gasteiger partial charge < -0.3 is 103 Å². The maximum Gasteiger partial charge on any atom is 0.410 e. The van der Waals surface area contributed by atoms with E-state index in [0.717, 1.165) is 104 Å². The van der Waals surface area contributed by atoms with Gasteiger partial charge in [-0.15, -0.1) is 0 Å². The van der Waals surface area contributed by atoms with E-state index in [1.165, 1.54) is 71.5 Å². The number of likely N-dealkylation sites (N-methyl/N-ethyl adjacent to an activating group) is 3. The fraction of sp³-hybridized carbons (Fsp3) is 0.462. The highest BCUT2D eigenvalue weighted by molar-refractivity contribution is 6.02. The molecule has 6 atom stereocenters. The minimum absolute atomic E-state index is 0. The highest BCUT2D eigenvalue weighted by Gasteiger charge is 2.44. The summed E-state index contributed by atoms with van der Waals surface area (Å²) in [5.74, 6) is 2.57. The molecule has 0 radical (unpaired) electrons. The van der Waals surface area contributed by atoms with Gasteiger partial charge in [0.15, 0.2) is 17.5 Å². The van der Waals surface area contributed by atoms with Gasteiger partial charge in [-0.3, -0.25) is 28.8 Å². The second-order valence-corrected chi connectivity index (χ2v) is 41.8. The van der Waals surface area contributed by atoms with Gasteiger partial charge in [-0.25, -0.2) is 44.3 Å². The van der Waals surface area contributed by atoms with E-state index in [4.69, 9.17) is 29.2 Å². The standard InChI is InChI=1S/3C35H44N8O4.CH4/c3*1-35(2,3)47-34(46)42-20-26(37-30(44)10-8-16-40(4)5)27(21-42)39-33(45)24-13-14-28-25(17-24)38-32(41(28)6)29-18-23-9-7-15-36-31(23)43(29)19-22-11-12-22;/h3*7-10,13-15,17-18,22,26-27H,11-12,16,19-21H2,1-6H3,(H,37,44)(H,39,45);1H4/b3*10-8+;/t3*26-,27-;/m100./s1. The summed E-state index contributed by atoms with van der Waals surface area (Å²) in [6, 6.07) is 31.8. The molecule has 3 aliphatic carbocycles. The Balaban J connectivity index is 0.000000160. The monoisotopic (exact) mass is 1940 g/mol. The smallest absolute Gasteiger partial charge is 0.410 e. The molecule has 9 amide bonds. The van der Waals surface area contributed by atoms with Crippen molar-refractivity contribution < 1.29 is 57.4 Å². The SMILES string of the molecule is C.CN(C)C/C=C/C(=O)N[C@@H]1CN(C(=O)OC(C)(C)C)C[C@H]1NC(=O)c1ccc2c(c1)nc(-c1cc3cccnc3n1CC1CC1)n2C.CN(C)C/C=C/C(=O)N[C@H]1CN(C(=O)OC(C)(C)C)C[C@@H]1NC(=O)c1ccc2c(c1)nc(-c1cc3cccnc3n1CC1CC1)n2C.CN(C)C/C=C/C(=O)N[C@H]1CN(C(=O)OC(C)(C)C)C[C@@H]1NC(=O)c1ccc2c(c1)nc(-c1cc3cccnc3n1CC1CC1)n2C. The van der Waals surface area contributed by atoms with E-state index in [1.54, 1.807) is 117 Å². The van der Waals surface area contributed by atoms with Crippen LogP contribution in [0, 0.1) is 17.8 Å². The van der Waals surface area contributed by atoms with Crippen LogP contribution < -0.4 is 31.9 Å². The number of fused-ring (bicyclic) bond motifs is 6. The van der Waals surface area contributed by atoms with Gasteiger partial charge in [-0.1, -0.05) is 25.7 Å². The minimum Gasteiger partial charge on any atom is -0.444 e. The number of amides is 9. The summed E-state index contributed by atoms with van der Waals surface area (Å²) in [5, 5.41) is 21.3. The Labute approximate surface area is 828 Å². The first kappa shape index (κ1) is 102. The zero-order valence-corrected chi connectivity index (χ0v) is 84.0. The van der Waals surface area contributed by atoms with Gasteiger partial charge in [0.05, 0.1) is 86.4 Å². The van der Waals surface area contributed by atoms with Crippen LogP contribution in [0.1, 0.15) is 139 Å². The summed E-state index contributed by atoms with van der Waals surface area (Å²) in [4.78, 5) is 157. The Morgan fingerprint density at radius 3 is 0.838 bits per heavy atom. The number of benzene rings is 3. The number of likely N-dealkylation sites (tertiary alicyclic amines) is 3. The number of nitrogens with one attached hydrogen (secondary N) is 6. The third-order valence-corrected chi connectivity index (χ3v) is 25.6. The number of pyridine rings is 3. The maximum atomic E-state index is 13.7. The van der Waals surface area contributed by atoms with Crippen molar-refractivity contribution in [1.29, 1.82) is 0 Å². The average Bonchev–Trinajstić information content (AvgIpc) is 1.60. The van der Waals surface area contributed by atoms with Crippen LogP contribution in [-0.4, -0.2) is 295 Å². The molecular weight excluding hydrogens is 1800 g/mol. The quantitative estimate of drug-likeness (QED) is 0.0206. The van der Waals surface area contributed by atoms with Crippen molar-refractivity contribution in [3.05, 3.63) is 181 Å². The lowest BCUT2D eigenvalue weighted by atomic mass is 10.1. The zero-order valence-electron chi connectivity index (χ0n) is 84.0. The summed E-state index contributed by atoms with van der Waals surface area (Å²) in [6.07, 6.45) is 21.1. The van der Waals surface area contributed by atoms with Crippen molar-refractivity contribution in [2.45, 2.75) is 181 Å². The first-order chi connectivity index (χ1) is 67.1. The highest BCUT2D eigenvalue weighted by Crippen LogP contribution is 2.41. The van der Waals surface area contributed by atoms with E-state index in [2.05, 4.69) is 111 Å². The predicted octanol–water partition coefficient (Wildman–Crippen LogP) is 12.5. The van der Waals surface area contributed by atoms with Gasteiger partial charge in [0.2, 0.25) is 17.7 Å². The third kappa shape index (κ3) is 25.1. The highest BCUT2D eigenvalue weighted by atomic mass is 16.6. The molecule has 12 aromatic rings. The van der Waals surface area contributed by atoms with Gasteiger partial charge in [0, 0.05) is 169 Å². The van der Waals surface area contributed by atoms with Crippen LogP contribution in [-0.2, 0) is 69.4 Å². The molecule has 36 nitrogen and oxygen atoms in total. The average molecular weight is 1940 g/mol. The molecule has 12 heterocycles. The lowest BCUT2D eigenvalue weighted by molar-refractivity contribution is -0.118. The first-order valence-electron chi connectivity index (χ1n) is 48.5. The van der Waals surface area contributed by atoms with Crippen molar-refractivity contribution >= 4 is 120 Å². The van der Waals surface area contributed by atoms with E-state index in [-0.39, 0.29) is 82.1 Å². The summed E-state index contributed by atoms with van der Waals surface area (Å²) >= 11 is 0. The number of carbonyl (C=O) groups is 9. The van der Waals surface area contributed by atoms with Crippen molar-refractivity contribution in [2.24, 2.45) is 38.9 Å². The number of aromatic nitrogens is 12.